The molecule has 13 heteroatoms. The van der Waals surface area contributed by atoms with Gasteiger partial charge in [-0.05, 0) is 29.9 Å². The third-order valence-electron chi connectivity index (χ3n) is 6.34. The van der Waals surface area contributed by atoms with E-state index in [9.17, 15) is 33.0 Å². The number of alkyl halides is 2. The highest BCUT2D eigenvalue weighted by Crippen LogP contribution is 2.51. The van der Waals surface area contributed by atoms with Crippen molar-refractivity contribution >= 4 is 43.0 Å². The first-order valence-electron chi connectivity index (χ1n) is 11.0. The first-order valence-corrected chi connectivity index (χ1v) is 13.0. The van der Waals surface area contributed by atoms with Crippen LogP contribution in [0.2, 0.25) is 0 Å². The van der Waals surface area contributed by atoms with Crippen LogP contribution in [0.3, 0.4) is 0 Å². The maximum atomic E-state index is 14.7. The summed E-state index contributed by atoms with van der Waals surface area (Å²) in [5.74, 6) is -0.713. The second kappa shape index (κ2) is 9.80. The number of nitrogens with zero attached hydrogens (tertiary/aromatic N) is 4. The van der Waals surface area contributed by atoms with E-state index in [1.807, 2.05) is 4.90 Å². The van der Waals surface area contributed by atoms with Crippen molar-refractivity contribution in [3.05, 3.63) is 53.1 Å². The van der Waals surface area contributed by atoms with Gasteiger partial charge in [0.25, 0.3) is 6.43 Å². The molecule has 1 atom stereocenters. The van der Waals surface area contributed by atoms with Crippen molar-refractivity contribution in [1.29, 1.82) is 0 Å². The lowest BCUT2D eigenvalue weighted by Gasteiger charge is -2.40. The van der Waals surface area contributed by atoms with Gasteiger partial charge in [0.15, 0.2) is 5.82 Å². The lowest BCUT2D eigenvalue weighted by Crippen LogP contribution is -2.43. The average molecular weight is 524 g/mol. The van der Waals surface area contributed by atoms with Gasteiger partial charge >= 0.3 is 10.6 Å². The fourth-order valence-electron chi connectivity index (χ4n) is 4.21. The summed E-state index contributed by atoms with van der Waals surface area (Å²) in [4.78, 5) is 29.6. The highest BCUT2D eigenvalue weighted by atomic mass is 32.3. The molecule has 0 unspecified atom stereocenters. The Morgan fingerprint density at radius 3 is 2.36 bits per heavy atom. The van der Waals surface area contributed by atoms with Crippen molar-refractivity contribution in [2.24, 2.45) is 0 Å². The maximum absolute atomic E-state index is 14.7. The Morgan fingerprint density at radius 1 is 1.11 bits per heavy atom. The maximum Gasteiger partial charge on any atom is 0.357 e. The lowest BCUT2D eigenvalue weighted by atomic mass is 10.0. The molecule has 1 aliphatic heterocycles. The molecular weight excluding hydrogens is 499 g/mol. The molecule has 2 aromatic heterocycles. The Morgan fingerprint density at radius 2 is 1.75 bits per heavy atom. The standard InChI is InChI=1S/C23H24F3N5O4S/c1-12(15-4-3-5-16(18(15)24)20(25)26)28-21-17-10-14(11-27-19(17)13(2)29-30-21)31-6-8-36(9-7-31,22(32)33)23(34)35/h3-5,10-12,20H,6-9H2,1-2H3,(H,28,30)(H,32,33)(H,34,35)/t12-/m1/s1. The molecule has 3 N–H and O–H groups in total. The van der Waals surface area contributed by atoms with E-state index in [-0.39, 0.29) is 36.0 Å². The molecule has 3 aromatic rings. The van der Waals surface area contributed by atoms with E-state index in [1.54, 1.807) is 26.1 Å². The molecule has 0 saturated carbocycles. The molecule has 0 spiro atoms. The third-order valence-corrected chi connectivity index (χ3v) is 9.43. The fourth-order valence-corrected chi connectivity index (χ4v) is 6.33. The van der Waals surface area contributed by atoms with Gasteiger partial charge in [-0.3, -0.25) is 4.98 Å². The van der Waals surface area contributed by atoms with Crippen LogP contribution < -0.4 is 10.2 Å². The lowest BCUT2D eigenvalue weighted by molar-refractivity contribution is 0.146. The summed E-state index contributed by atoms with van der Waals surface area (Å²) in [5.41, 5.74) is 1.07. The number of pyridine rings is 1. The molecule has 36 heavy (non-hydrogen) atoms. The minimum Gasteiger partial charge on any atom is -0.474 e. The smallest absolute Gasteiger partial charge is 0.357 e. The van der Waals surface area contributed by atoms with E-state index in [0.717, 1.165) is 6.07 Å². The molecule has 4 rings (SSSR count). The highest BCUT2D eigenvalue weighted by Gasteiger charge is 2.43. The van der Waals surface area contributed by atoms with Gasteiger partial charge in [0.05, 0.1) is 34.7 Å². The van der Waals surface area contributed by atoms with Gasteiger partial charge in [0, 0.05) is 35.5 Å². The first-order chi connectivity index (χ1) is 17.0. The van der Waals surface area contributed by atoms with Gasteiger partial charge in [-0.15, -0.1) is 5.10 Å². The van der Waals surface area contributed by atoms with E-state index in [2.05, 4.69) is 20.5 Å². The Labute approximate surface area is 205 Å². The van der Waals surface area contributed by atoms with Crippen molar-refractivity contribution < 1.29 is 33.0 Å². The van der Waals surface area contributed by atoms with Crippen LogP contribution in [0.25, 0.3) is 10.9 Å². The summed E-state index contributed by atoms with van der Waals surface area (Å²) in [7, 11) is -2.84. The average Bonchev–Trinajstić information content (AvgIpc) is 2.85. The Hall–Kier alpha value is -3.61. The van der Waals surface area contributed by atoms with Crippen molar-refractivity contribution in [1.82, 2.24) is 15.2 Å². The van der Waals surface area contributed by atoms with Crippen molar-refractivity contribution in [3.63, 3.8) is 0 Å². The molecule has 0 aliphatic carbocycles. The molecule has 1 aliphatic rings. The molecular formula is C23H24F3N5O4S. The Kier molecular flexibility index (Phi) is 6.94. The zero-order valence-corrected chi connectivity index (χ0v) is 20.2. The summed E-state index contributed by atoms with van der Waals surface area (Å²) in [5, 5.41) is 28.3. The summed E-state index contributed by atoms with van der Waals surface area (Å²) in [6, 6.07) is 4.87. The normalized spacial score (nSPS) is 17.1. The number of aryl methyl sites for hydroxylation is 1. The van der Waals surface area contributed by atoms with Crippen LogP contribution in [-0.2, 0) is 0 Å². The largest absolute Gasteiger partial charge is 0.474 e. The molecule has 1 aromatic carbocycles. The monoisotopic (exact) mass is 523 g/mol. The van der Waals surface area contributed by atoms with E-state index in [4.69, 9.17) is 0 Å². The molecule has 0 amide bonds. The van der Waals surface area contributed by atoms with E-state index in [0.29, 0.717) is 22.3 Å². The van der Waals surface area contributed by atoms with Gasteiger partial charge in [-0.2, -0.15) is 5.10 Å². The Bertz CT molecular complexity index is 1320. The van der Waals surface area contributed by atoms with Gasteiger partial charge in [-0.25, -0.2) is 22.8 Å². The highest BCUT2D eigenvalue weighted by molar-refractivity contribution is 8.55. The molecule has 192 valence electrons. The van der Waals surface area contributed by atoms with Crippen LogP contribution in [0.4, 0.5) is 34.3 Å². The first kappa shape index (κ1) is 25.5. The molecule has 9 nitrogen and oxygen atoms in total. The number of hydrogen-bond donors (Lipinski definition) is 3. The minimum absolute atomic E-state index is 0.00518. The number of aromatic nitrogens is 3. The van der Waals surface area contributed by atoms with Crippen LogP contribution in [0.5, 0.6) is 0 Å². The van der Waals surface area contributed by atoms with Crippen LogP contribution in [0, 0.1) is 12.7 Å². The predicted molar refractivity (Wildman–Crippen MR) is 131 cm³/mol. The van der Waals surface area contributed by atoms with Crippen LogP contribution >= 0.6 is 10.0 Å². The number of carboxylic acid groups (broad SMARTS) is 2. The number of nitrogens with one attached hydrogen (secondary N) is 1. The zero-order valence-electron chi connectivity index (χ0n) is 19.4. The summed E-state index contributed by atoms with van der Waals surface area (Å²) in [6.45, 7) is 3.79. The van der Waals surface area contributed by atoms with Crippen LogP contribution in [0.1, 0.15) is 36.2 Å². The fraction of sp³-hybridized carbons (Fsp3) is 0.348. The number of rotatable bonds is 5. The van der Waals surface area contributed by atoms with Gasteiger partial charge < -0.3 is 20.4 Å². The summed E-state index contributed by atoms with van der Waals surface area (Å²) >= 11 is 0. The summed E-state index contributed by atoms with van der Waals surface area (Å²) < 4.78 is 41.0. The molecule has 3 heterocycles. The van der Waals surface area contributed by atoms with Gasteiger partial charge in [-0.1, -0.05) is 18.2 Å². The SMILES string of the molecule is Cc1nnc(N[C@H](C)c2cccc(C(F)F)c2F)c2cc(N3CCS(C(=O)O)(C(=O)O)CC3)cnc12. The molecule has 1 fully saturated rings. The number of anilines is 2. The van der Waals surface area contributed by atoms with Crippen molar-refractivity contribution in [2.45, 2.75) is 26.3 Å². The number of hydrogen-bond acceptors (Lipinski definition) is 7. The number of benzene rings is 1. The quantitative estimate of drug-likeness (QED) is 0.393. The number of halogens is 3. The third kappa shape index (κ3) is 4.50. The number of carbonyl (C=O) groups is 2. The van der Waals surface area contributed by atoms with Crippen LogP contribution in [-0.4, -0.2) is 60.6 Å². The van der Waals surface area contributed by atoms with E-state index in [1.165, 1.54) is 12.1 Å². The summed E-state index contributed by atoms with van der Waals surface area (Å²) in [6.07, 6.45) is -1.35. The molecule has 0 bridgehead atoms. The number of fused-ring (bicyclic) bond motifs is 1. The van der Waals surface area contributed by atoms with Crippen molar-refractivity contribution in [2.75, 3.05) is 34.8 Å². The zero-order chi connectivity index (χ0) is 26.2. The second-order valence-electron chi connectivity index (χ2n) is 8.45. The van der Waals surface area contributed by atoms with Crippen LogP contribution in [0.15, 0.2) is 30.5 Å². The van der Waals surface area contributed by atoms with E-state index >= 15 is 0 Å². The topological polar surface area (TPSA) is 129 Å². The molecule has 0 radical (unpaired) electrons. The Balaban J connectivity index is 1.65. The van der Waals surface area contributed by atoms with Gasteiger partial charge in [0.2, 0.25) is 0 Å². The van der Waals surface area contributed by atoms with Crippen molar-refractivity contribution in [3.8, 4) is 0 Å². The minimum atomic E-state index is -2.95. The second-order valence-corrected chi connectivity index (χ2v) is 11.7. The van der Waals surface area contributed by atoms with Gasteiger partial charge in [0.1, 0.15) is 5.82 Å². The predicted octanol–water partition coefficient (Wildman–Crippen LogP) is 5.56. The van der Waals surface area contributed by atoms with E-state index < -0.39 is 44.5 Å². The molecule has 1 saturated heterocycles.